The van der Waals surface area contributed by atoms with E-state index in [1.54, 1.807) is 48.5 Å². The number of hydrogen-bond acceptors (Lipinski definition) is 21. The summed E-state index contributed by atoms with van der Waals surface area (Å²) >= 11 is 1.36. The molecular formula is C37H40BF2N11O12P2S. The average molecular weight is 974 g/mol. The standard InChI is InChI=1S/C37H40BF2N11O12P2S/c38-65(55,58-12-23-28(62-64-54)24(39)34(61-23)50-15-46-26-30(42)44-14-45-31(26)50)63-29-22(60-35(25(29)40)51-16-47-27-32(51)48-37(43)49-33(27)52)11-56-17-66-13-18-1-5-21(6-2-18)59-36(53)19-3-7-20(8-4-19)57-10-9-41/h1-8,14-16,22-25,28-29,34-35H,9-13,17,38,41H2,(H2,42,44,45)(H3,43,48,49,52)/t22-,23-,24-,25-,28-,29-,34-,35-,65?/m1/s1. The van der Waals surface area contributed by atoms with E-state index in [4.69, 9.17) is 54.5 Å². The van der Waals surface area contributed by atoms with E-state index in [2.05, 4.69) is 29.9 Å². The van der Waals surface area contributed by atoms with E-state index in [0.717, 1.165) is 30.4 Å². The minimum absolute atomic E-state index is 0.0440. The number of thioether (sulfide) groups is 1. The molecule has 2 aromatic carbocycles. The predicted molar refractivity (Wildman–Crippen MR) is 234 cm³/mol. The minimum Gasteiger partial charge on any atom is -0.492 e. The van der Waals surface area contributed by atoms with Crippen molar-refractivity contribution in [1.29, 1.82) is 0 Å². The third kappa shape index (κ3) is 10.4. The number of hydrogen-bond donors (Lipinski definition) is 4. The van der Waals surface area contributed by atoms with Crippen LogP contribution in [0.1, 0.15) is 28.4 Å². The predicted octanol–water partition coefficient (Wildman–Crippen LogP) is 2.79. The van der Waals surface area contributed by atoms with E-state index in [1.807, 2.05) is 0 Å². The van der Waals surface area contributed by atoms with Crippen LogP contribution in [-0.2, 0) is 42.7 Å². The van der Waals surface area contributed by atoms with E-state index in [0.29, 0.717) is 36.0 Å². The summed E-state index contributed by atoms with van der Waals surface area (Å²) < 4.78 is 106. The average Bonchev–Trinajstić information content (AvgIpc) is 4.07. The number of benzene rings is 2. The highest BCUT2D eigenvalue weighted by molar-refractivity contribution is 7.98. The fourth-order valence-corrected chi connectivity index (χ4v) is 9.37. The minimum atomic E-state index is -4.28. The molecule has 6 heterocycles. The molecular weight excluding hydrogens is 933 g/mol. The maximum absolute atomic E-state index is 16.6. The number of aromatic nitrogens is 8. The summed E-state index contributed by atoms with van der Waals surface area (Å²) in [6, 6.07) is 13.4. The molecule has 0 radical (unpaired) electrons. The molecule has 6 aromatic rings. The molecule has 348 valence electrons. The van der Waals surface area contributed by atoms with Crippen molar-refractivity contribution in [1.82, 2.24) is 39.0 Å². The summed E-state index contributed by atoms with van der Waals surface area (Å²) in [5.41, 5.74) is 17.8. The van der Waals surface area contributed by atoms with Crippen LogP contribution < -0.4 is 32.2 Å². The summed E-state index contributed by atoms with van der Waals surface area (Å²) in [4.78, 5) is 47.7. The van der Waals surface area contributed by atoms with Gasteiger partial charge in [-0.15, -0.1) is 11.8 Å². The Hall–Kier alpha value is -5.47. The van der Waals surface area contributed by atoms with Gasteiger partial charge in [-0.2, -0.15) is 4.98 Å². The number of carbonyl (C=O) groups excluding carboxylic acids is 1. The number of aromatic amines is 1. The van der Waals surface area contributed by atoms with Crippen molar-refractivity contribution in [3.63, 3.8) is 0 Å². The van der Waals surface area contributed by atoms with Crippen LogP contribution >= 0.6 is 27.9 Å². The van der Waals surface area contributed by atoms with E-state index in [1.165, 1.54) is 22.7 Å². The van der Waals surface area contributed by atoms with E-state index < -0.39 is 83.5 Å². The molecule has 0 spiro atoms. The molecule has 4 aromatic heterocycles. The molecule has 8 rings (SSSR count). The van der Waals surface area contributed by atoms with Gasteiger partial charge in [0.2, 0.25) is 5.95 Å². The summed E-state index contributed by atoms with van der Waals surface area (Å²) in [6.45, 7) is -0.177. The van der Waals surface area contributed by atoms with Gasteiger partial charge in [-0.3, -0.25) is 28.0 Å². The number of nitrogens with zero attached hydrogens (tertiary/aromatic N) is 7. The van der Waals surface area contributed by atoms with Crippen molar-refractivity contribution < 1.29 is 60.0 Å². The van der Waals surface area contributed by atoms with Gasteiger partial charge in [0, 0.05) is 12.3 Å². The second-order valence-electron chi connectivity index (χ2n) is 14.7. The first kappa shape index (κ1) is 47.0. The Balaban J connectivity index is 0.900. The van der Waals surface area contributed by atoms with Crippen LogP contribution in [-0.4, -0.2) is 122 Å². The molecule has 2 fully saturated rings. The molecule has 9 atom stereocenters. The Morgan fingerprint density at radius 3 is 2.29 bits per heavy atom. The smallest absolute Gasteiger partial charge is 0.343 e. The van der Waals surface area contributed by atoms with Gasteiger partial charge in [-0.05, 0) is 42.0 Å². The number of ether oxygens (including phenoxy) is 5. The van der Waals surface area contributed by atoms with E-state index in [9.17, 15) is 18.7 Å². The van der Waals surface area contributed by atoms with Crippen molar-refractivity contribution in [2.75, 3.05) is 43.8 Å². The number of nitrogens with one attached hydrogen (secondary N) is 1. The monoisotopic (exact) mass is 973 g/mol. The molecule has 0 bridgehead atoms. The van der Waals surface area contributed by atoms with Crippen LogP contribution in [0.5, 0.6) is 11.5 Å². The van der Waals surface area contributed by atoms with Crippen LogP contribution in [0.25, 0.3) is 22.3 Å². The Labute approximate surface area is 378 Å². The number of halogens is 2. The van der Waals surface area contributed by atoms with Gasteiger partial charge in [0.1, 0.15) is 54.4 Å². The molecule has 29 heteroatoms. The van der Waals surface area contributed by atoms with Gasteiger partial charge in [0.05, 0.1) is 37.4 Å². The molecule has 23 nitrogen and oxygen atoms in total. The molecule has 2 saturated heterocycles. The Kier molecular flexibility index (Phi) is 14.7. The van der Waals surface area contributed by atoms with E-state index >= 15 is 8.78 Å². The number of H-pyrrole nitrogens is 1. The first-order valence-electron chi connectivity index (χ1n) is 19.9. The summed E-state index contributed by atoms with van der Waals surface area (Å²) in [6.07, 6.45) is -9.05. The highest BCUT2D eigenvalue weighted by atomic mass is 32.2. The first-order chi connectivity index (χ1) is 31.8. The Morgan fingerprint density at radius 2 is 1.58 bits per heavy atom. The van der Waals surface area contributed by atoms with Crippen molar-refractivity contribution in [2.45, 2.75) is 55.0 Å². The molecule has 0 aliphatic carbocycles. The Morgan fingerprint density at radius 1 is 0.909 bits per heavy atom. The topological polar surface area (TPSA) is 310 Å². The third-order valence-corrected chi connectivity index (χ3v) is 12.6. The van der Waals surface area contributed by atoms with Gasteiger partial charge in [-0.1, -0.05) is 12.1 Å². The first-order valence-corrected chi connectivity index (χ1v) is 23.7. The molecule has 2 aliphatic rings. The number of fused-ring (bicyclic) bond motifs is 2. The summed E-state index contributed by atoms with van der Waals surface area (Å²) in [5, 5.41) is 0. The number of nitrogens with two attached hydrogens (primary N) is 3. The lowest BCUT2D eigenvalue weighted by Gasteiger charge is -2.25. The number of nitrogen functional groups attached to an aromatic ring is 2. The summed E-state index contributed by atoms with van der Waals surface area (Å²) in [5.74, 6) is 0.728. The molecule has 2 aliphatic heterocycles. The van der Waals surface area contributed by atoms with Crippen molar-refractivity contribution in [3.05, 3.63) is 89.0 Å². The van der Waals surface area contributed by atoms with Crippen LogP contribution in [0.2, 0.25) is 0 Å². The zero-order chi connectivity index (χ0) is 46.5. The lowest BCUT2D eigenvalue weighted by Crippen LogP contribution is -2.35. The van der Waals surface area contributed by atoms with Crippen LogP contribution in [0.3, 0.4) is 0 Å². The SMILES string of the molecule is BP(=O)(OC[C@H]1O[C@@H](n2cnc3c(N)ncnc32)[C@H](F)[C@@H]1OP=O)O[C@H]1[C@@H](F)[C@H](n2cnc3c(=O)[nH]c(N)nc32)O[C@@H]1COCSCc1ccc(OC(=O)c2ccc(OCCN)cc2)cc1. The maximum atomic E-state index is 16.6. The number of alkyl halides is 2. The quantitative estimate of drug-likeness (QED) is 0.0213. The fourth-order valence-electron chi connectivity index (χ4n) is 7.12. The highest BCUT2D eigenvalue weighted by Gasteiger charge is 2.52. The van der Waals surface area contributed by atoms with Gasteiger partial charge in [0.15, 0.2) is 47.4 Å². The number of anilines is 2. The zero-order valence-corrected chi connectivity index (χ0v) is 37.1. The molecule has 66 heavy (non-hydrogen) atoms. The highest BCUT2D eigenvalue weighted by Crippen LogP contribution is 2.50. The second kappa shape index (κ2) is 20.6. The van der Waals surface area contributed by atoms with Crippen molar-refractivity contribution in [3.8, 4) is 11.5 Å². The van der Waals surface area contributed by atoms with Crippen LogP contribution in [0.4, 0.5) is 20.5 Å². The second-order valence-corrected chi connectivity index (χ2v) is 18.0. The molecule has 0 saturated carbocycles. The maximum Gasteiger partial charge on any atom is 0.343 e. The Bertz CT molecular complexity index is 2780. The van der Waals surface area contributed by atoms with Crippen molar-refractivity contribution >= 4 is 75.6 Å². The van der Waals surface area contributed by atoms with Crippen LogP contribution in [0.15, 0.2) is 72.3 Å². The molecule has 0 amide bonds. The molecule has 7 N–H and O–H groups in total. The lowest BCUT2D eigenvalue weighted by atomic mass is 10.1. The van der Waals surface area contributed by atoms with Gasteiger partial charge < -0.3 is 49.9 Å². The zero-order valence-electron chi connectivity index (χ0n) is 34.5. The van der Waals surface area contributed by atoms with Gasteiger partial charge in [-0.25, -0.2) is 38.1 Å². The van der Waals surface area contributed by atoms with Gasteiger partial charge >= 0.3 is 14.7 Å². The number of carbonyl (C=O) groups is 1. The number of imidazole rings is 2. The normalized spacial score (nSPS) is 24.0. The summed E-state index contributed by atoms with van der Waals surface area (Å²) in [7, 11) is -4.08. The largest absolute Gasteiger partial charge is 0.492 e. The number of esters is 1. The van der Waals surface area contributed by atoms with Crippen molar-refractivity contribution in [2.24, 2.45) is 5.73 Å². The number of rotatable bonds is 20. The van der Waals surface area contributed by atoms with Crippen LogP contribution in [0, 0.1) is 0 Å². The van der Waals surface area contributed by atoms with E-state index in [-0.39, 0.29) is 46.6 Å². The van der Waals surface area contributed by atoms with Gasteiger partial charge in [0.25, 0.3) is 20.6 Å². The lowest BCUT2D eigenvalue weighted by molar-refractivity contribution is -0.0568. The molecule has 1 unspecified atom stereocenters. The third-order valence-electron chi connectivity index (χ3n) is 10.2. The fraction of sp³-hybridized carbons (Fsp3) is 0.378.